The molecule has 14 heavy (non-hydrogen) atoms. The Hall–Kier alpha value is -1.10. The molecule has 3 nitrogen and oxygen atoms in total. The molecule has 0 radical (unpaired) electrons. The Balaban J connectivity index is 3.18. The summed E-state index contributed by atoms with van der Waals surface area (Å²) in [6.45, 7) is 1.84. The van der Waals surface area contributed by atoms with Gasteiger partial charge in [-0.2, -0.15) is 0 Å². The Morgan fingerprint density at radius 1 is 1.43 bits per heavy atom. The van der Waals surface area contributed by atoms with E-state index in [1.165, 1.54) is 6.07 Å². The molecule has 0 amide bonds. The van der Waals surface area contributed by atoms with Gasteiger partial charge in [0.05, 0.1) is 11.9 Å². The highest BCUT2D eigenvalue weighted by atomic mass is 32.2. The van der Waals surface area contributed by atoms with Crippen LogP contribution in [0.15, 0.2) is 18.2 Å². The topological polar surface area (TPSA) is 46.2 Å². The lowest BCUT2D eigenvalue weighted by molar-refractivity contribution is 0.603. The zero-order valence-electron chi connectivity index (χ0n) is 8.04. The van der Waals surface area contributed by atoms with E-state index in [0.29, 0.717) is 12.0 Å². The highest BCUT2D eigenvalue weighted by Gasteiger charge is 2.10. The van der Waals surface area contributed by atoms with Gasteiger partial charge in [0, 0.05) is 0 Å². The fraction of sp³-hybridized carbons (Fsp3) is 0.333. The van der Waals surface area contributed by atoms with Crippen molar-refractivity contribution in [1.82, 2.24) is 0 Å². The first kappa shape index (κ1) is 11.0. The molecule has 78 valence electrons. The molecule has 0 saturated carbocycles. The van der Waals surface area contributed by atoms with Gasteiger partial charge in [0.2, 0.25) is 10.0 Å². The predicted octanol–water partition coefficient (Wildman–Crippen LogP) is 1.76. The summed E-state index contributed by atoms with van der Waals surface area (Å²) in [7, 11) is -3.42. The van der Waals surface area contributed by atoms with Crippen LogP contribution in [0, 0.1) is 5.82 Å². The molecule has 0 aliphatic heterocycles. The van der Waals surface area contributed by atoms with Crippen LogP contribution in [0.25, 0.3) is 0 Å². The average Bonchev–Trinajstić information content (AvgIpc) is 2.06. The molecule has 0 saturated heterocycles. The van der Waals surface area contributed by atoms with E-state index in [2.05, 4.69) is 4.72 Å². The van der Waals surface area contributed by atoms with Gasteiger partial charge < -0.3 is 0 Å². The molecule has 1 N–H and O–H groups in total. The molecule has 0 aliphatic carbocycles. The number of sulfonamides is 1. The summed E-state index contributed by atoms with van der Waals surface area (Å²) in [5.74, 6) is -0.547. The van der Waals surface area contributed by atoms with E-state index in [4.69, 9.17) is 0 Å². The largest absolute Gasteiger partial charge is 0.281 e. The molecule has 0 spiro atoms. The first-order chi connectivity index (χ1) is 6.44. The lowest BCUT2D eigenvalue weighted by Gasteiger charge is -2.09. The Kier molecular flexibility index (Phi) is 3.10. The van der Waals surface area contributed by atoms with E-state index < -0.39 is 15.8 Å². The number of para-hydroxylation sites is 1. The van der Waals surface area contributed by atoms with Gasteiger partial charge in [-0.25, -0.2) is 12.8 Å². The fourth-order valence-corrected chi connectivity index (χ4v) is 1.76. The van der Waals surface area contributed by atoms with E-state index in [1.807, 2.05) is 6.92 Å². The lowest BCUT2D eigenvalue weighted by atomic mass is 10.1. The Bertz CT molecular complexity index is 428. The summed E-state index contributed by atoms with van der Waals surface area (Å²) in [6, 6.07) is 4.48. The minimum atomic E-state index is -3.42. The highest BCUT2D eigenvalue weighted by molar-refractivity contribution is 7.92. The smallest absolute Gasteiger partial charge is 0.229 e. The molecule has 0 aromatic heterocycles. The van der Waals surface area contributed by atoms with Crippen LogP contribution in [-0.2, 0) is 16.4 Å². The van der Waals surface area contributed by atoms with Crippen molar-refractivity contribution in [3.05, 3.63) is 29.6 Å². The quantitative estimate of drug-likeness (QED) is 0.838. The summed E-state index contributed by atoms with van der Waals surface area (Å²) >= 11 is 0. The standard InChI is InChI=1S/C9H12FNO2S/c1-3-7-5-4-6-8(10)9(7)11-14(2,12)13/h4-6,11H,3H2,1-2H3. The predicted molar refractivity (Wildman–Crippen MR) is 54.2 cm³/mol. The fourth-order valence-electron chi connectivity index (χ4n) is 1.16. The van der Waals surface area contributed by atoms with Gasteiger partial charge in [0.15, 0.2) is 0 Å². The Labute approximate surface area is 83.0 Å². The van der Waals surface area contributed by atoms with E-state index >= 15 is 0 Å². The number of halogens is 1. The molecule has 0 unspecified atom stereocenters. The van der Waals surface area contributed by atoms with Crippen molar-refractivity contribution in [3.8, 4) is 0 Å². The van der Waals surface area contributed by atoms with Crippen molar-refractivity contribution in [2.45, 2.75) is 13.3 Å². The summed E-state index contributed by atoms with van der Waals surface area (Å²) in [6.07, 6.45) is 1.58. The van der Waals surface area contributed by atoms with Crippen LogP contribution in [-0.4, -0.2) is 14.7 Å². The van der Waals surface area contributed by atoms with Crippen LogP contribution in [0.1, 0.15) is 12.5 Å². The number of nitrogens with one attached hydrogen (secondary N) is 1. The number of hydrogen-bond donors (Lipinski definition) is 1. The number of rotatable bonds is 3. The van der Waals surface area contributed by atoms with Crippen LogP contribution in [0.2, 0.25) is 0 Å². The third kappa shape index (κ3) is 2.70. The molecular formula is C9H12FNO2S. The van der Waals surface area contributed by atoms with Crippen LogP contribution in [0.5, 0.6) is 0 Å². The Morgan fingerprint density at radius 3 is 2.57 bits per heavy atom. The van der Waals surface area contributed by atoms with E-state index in [9.17, 15) is 12.8 Å². The first-order valence-corrected chi connectivity index (χ1v) is 6.08. The van der Waals surface area contributed by atoms with Crippen LogP contribution in [0.4, 0.5) is 10.1 Å². The summed E-state index contributed by atoms with van der Waals surface area (Å²) in [5.41, 5.74) is 0.702. The zero-order valence-corrected chi connectivity index (χ0v) is 8.86. The number of aryl methyl sites for hydroxylation is 1. The maximum atomic E-state index is 13.2. The molecule has 0 bridgehead atoms. The summed E-state index contributed by atoms with van der Waals surface area (Å²) in [4.78, 5) is 0. The molecule has 5 heteroatoms. The van der Waals surface area contributed by atoms with Crippen molar-refractivity contribution >= 4 is 15.7 Å². The van der Waals surface area contributed by atoms with Gasteiger partial charge in [-0.3, -0.25) is 4.72 Å². The molecule has 0 heterocycles. The van der Waals surface area contributed by atoms with Crippen molar-refractivity contribution < 1.29 is 12.8 Å². The SMILES string of the molecule is CCc1cccc(F)c1NS(C)(=O)=O. The van der Waals surface area contributed by atoms with E-state index in [0.717, 1.165) is 6.26 Å². The van der Waals surface area contributed by atoms with E-state index in [1.54, 1.807) is 12.1 Å². The minimum absolute atomic E-state index is 0.0532. The monoisotopic (exact) mass is 217 g/mol. The number of benzene rings is 1. The van der Waals surface area contributed by atoms with Crippen LogP contribution < -0.4 is 4.72 Å². The summed E-state index contributed by atoms with van der Waals surface area (Å²) in [5, 5.41) is 0. The maximum Gasteiger partial charge on any atom is 0.229 e. The second kappa shape index (κ2) is 3.96. The van der Waals surface area contributed by atoms with Gasteiger partial charge >= 0.3 is 0 Å². The van der Waals surface area contributed by atoms with E-state index in [-0.39, 0.29) is 5.69 Å². The van der Waals surface area contributed by atoms with Crippen LogP contribution >= 0.6 is 0 Å². The second-order valence-electron chi connectivity index (χ2n) is 3.00. The normalized spacial score (nSPS) is 11.4. The van der Waals surface area contributed by atoms with Crippen molar-refractivity contribution in [2.24, 2.45) is 0 Å². The molecule has 0 atom stereocenters. The van der Waals surface area contributed by atoms with Gasteiger partial charge in [-0.05, 0) is 18.1 Å². The molecule has 0 aliphatic rings. The first-order valence-electron chi connectivity index (χ1n) is 4.19. The molecular weight excluding hydrogens is 205 g/mol. The van der Waals surface area contributed by atoms with Gasteiger partial charge in [-0.15, -0.1) is 0 Å². The lowest BCUT2D eigenvalue weighted by Crippen LogP contribution is -2.12. The number of hydrogen-bond acceptors (Lipinski definition) is 2. The molecule has 1 rings (SSSR count). The van der Waals surface area contributed by atoms with Gasteiger partial charge in [0.25, 0.3) is 0 Å². The highest BCUT2D eigenvalue weighted by Crippen LogP contribution is 2.20. The number of anilines is 1. The zero-order chi connectivity index (χ0) is 10.8. The third-order valence-electron chi connectivity index (χ3n) is 1.77. The van der Waals surface area contributed by atoms with Gasteiger partial charge in [0.1, 0.15) is 5.82 Å². The average molecular weight is 217 g/mol. The minimum Gasteiger partial charge on any atom is -0.281 e. The molecule has 0 fully saturated rings. The van der Waals surface area contributed by atoms with Crippen LogP contribution in [0.3, 0.4) is 0 Å². The van der Waals surface area contributed by atoms with Crippen molar-refractivity contribution in [1.29, 1.82) is 0 Å². The second-order valence-corrected chi connectivity index (χ2v) is 4.75. The third-order valence-corrected chi connectivity index (χ3v) is 2.34. The molecule has 1 aromatic carbocycles. The van der Waals surface area contributed by atoms with Crippen molar-refractivity contribution in [3.63, 3.8) is 0 Å². The molecule has 1 aromatic rings. The summed E-state index contributed by atoms with van der Waals surface area (Å²) < 4.78 is 37.3. The van der Waals surface area contributed by atoms with Gasteiger partial charge in [-0.1, -0.05) is 19.1 Å². The maximum absolute atomic E-state index is 13.2. The Morgan fingerprint density at radius 2 is 2.07 bits per heavy atom. The van der Waals surface area contributed by atoms with Crippen molar-refractivity contribution in [2.75, 3.05) is 11.0 Å².